The van der Waals surface area contributed by atoms with Gasteiger partial charge in [-0.3, -0.25) is 4.57 Å². The topological polar surface area (TPSA) is 46.5 Å². The van der Waals surface area contributed by atoms with Crippen molar-refractivity contribution in [2.75, 3.05) is 0 Å². The Bertz CT molecular complexity index is 97.7. The molecule has 1 unspecified atom stereocenters. The van der Waals surface area contributed by atoms with E-state index >= 15 is 0 Å². The van der Waals surface area contributed by atoms with Crippen LogP contribution in [0.3, 0.4) is 0 Å². The lowest BCUT2D eigenvalue weighted by atomic mass is 10.4. The monoisotopic (exact) mass is 190 g/mol. The van der Waals surface area contributed by atoms with Gasteiger partial charge in [-0.15, -0.1) is 0 Å². The predicted molar refractivity (Wildman–Crippen MR) is 38.9 cm³/mol. The first-order valence-corrected chi connectivity index (χ1v) is 4.48. The minimum absolute atomic E-state index is 1.32. The zero-order valence-electron chi connectivity index (χ0n) is 6.51. The molecule has 11 heavy (non-hydrogen) atoms. The summed E-state index contributed by atoms with van der Waals surface area (Å²) in [5, 5.41) is 0. The fourth-order valence-corrected chi connectivity index (χ4v) is 0.229. The molecule has 6 heteroatoms. The lowest BCUT2D eigenvalue weighted by Gasteiger charge is -1.91. The highest BCUT2D eigenvalue weighted by Crippen LogP contribution is 2.18. The minimum Gasteiger partial charge on any atom is -0.326 e. The predicted octanol–water partition coefficient (Wildman–Crippen LogP) is 2.41. The van der Waals surface area contributed by atoms with E-state index in [1.807, 2.05) is 0 Å². The number of halogens is 2. The highest BCUT2D eigenvalue weighted by molar-refractivity contribution is 7.32. The van der Waals surface area contributed by atoms with Gasteiger partial charge in [0.05, 0.1) is 0 Å². The Kier molecular flexibility index (Phi) is 12.4. The number of hydrogen-bond acceptors (Lipinski definition) is 2. The third kappa shape index (κ3) is 25.6. The average molecular weight is 190 g/mol. The first kappa shape index (κ1) is 13.6. The lowest BCUT2D eigenvalue weighted by molar-refractivity contribution is -0.0507. The Morgan fingerprint density at radius 2 is 1.82 bits per heavy atom. The van der Waals surface area contributed by atoms with Crippen LogP contribution in [0.2, 0.25) is 0 Å². The molecule has 1 atom stereocenters. The molecule has 70 valence electrons. The maximum absolute atomic E-state index is 10.7. The number of rotatable bonds is 3. The van der Waals surface area contributed by atoms with Crippen molar-refractivity contribution in [2.45, 2.75) is 33.3 Å². The molecule has 0 rings (SSSR count). The van der Waals surface area contributed by atoms with Gasteiger partial charge in [-0.1, -0.05) is 26.7 Å². The van der Waals surface area contributed by atoms with Crippen LogP contribution in [0.15, 0.2) is 0 Å². The van der Waals surface area contributed by atoms with Gasteiger partial charge in [0.1, 0.15) is 0 Å². The molecule has 1 N–H and O–H groups in total. The number of unbranched alkanes of at least 4 members (excludes halogenated alkanes) is 1. The fraction of sp³-hybridized carbons (Fsp3) is 1.00. The van der Waals surface area contributed by atoms with Crippen LogP contribution in [0.5, 0.6) is 0 Å². The highest BCUT2D eigenvalue weighted by Gasteiger charge is 2.02. The zero-order valence-corrected chi connectivity index (χ0v) is 7.51. The second-order valence-electron chi connectivity index (χ2n) is 1.64. The summed E-state index contributed by atoms with van der Waals surface area (Å²) in [6.07, 6.45) is 2.64. The standard InChI is InChI=1S/C4H10.CH3F2O3P/c1-3-4-2;2-1(3)6-7(4)5/h3-4H2,1-2H3;1,7H,(H,4,5). The molecule has 0 heterocycles. The Balaban J connectivity index is 0. The minimum atomic E-state index is -3.43. The van der Waals surface area contributed by atoms with E-state index in [0.717, 1.165) is 0 Å². The number of alkyl halides is 2. The average Bonchev–Trinajstić information content (AvgIpc) is 1.85. The van der Waals surface area contributed by atoms with Crippen LogP contribution in [0.1, 0.15) is 26.7 Å². The third-order valence-electron chi connectivity index (χ3n) is 0.690. The van der Waals surface area contributed by atoms with E-state index in [2.05, 4.69) is 18.4 Å². The summed E-state index contributed by atoms with van der Waals surface area (Å²) in [5.41, 5.74) is 0. The van der Waals surface area contributed by atoms with Gasteiger partial charge in [0.15, 0.2) is 0 Å². The quantitative estimate of drug-likeness (QED) is 0.695. The molecule has 0 aliphatic rings. The van der Waals surface area contributed by atoms with E-state index in [9.17, 15) is 13.3 Å². The van der Waals surface area contributed by atoms with E-state index in [1.54, 1.807) is 0 Å². The van der Waals surface area contributed by atoms with Crippen LogP contribution in [0, 0.1) is 0 Å². The molecule has 0 radical (unpaired) electrons. The van der Waals surface area contributed by atoms with Gasteiger partial charge in [0.2, 0.25) is 0 Å². The summed E-state index contributed by atoms with van der Waals surface area (Å²) in [7, 11) is -3.43. The Morgan fingerprint density at radius 1 is 1.45 bits per heavy atom. The second-order valence-corrected chi connectivity index (χ2v) is 2.41. The van der Waals surface area contributed by atoms with Crippen LogP contribution < -0.4 is 0 Å². The van der Waals surface area contributed by atoms with Crippen LogP contribution in [-0.4, -0.2) is 11.5 Å². The van der Waals surface area contributed by atoms with Gasteiger partial charge in [0, 0.05) is 0 Å². The molecule has 3 nitrogen and oxygen atoms in total. The molecule has 0 aromatic heterocycles. The van der Waals surface area contributed by atoms with Gasteiger partial charge in [-0.05, 0) is 0 Å². The maximum Gasteiger partial charge on any atom is 0.351 e. The SMILES string of the molecule is CCCC.O=[PH](O)OC(F)F. The van der Waals surface area contributed by atoms with E-state index in [-0.39, 0.29) is 0 Å². The molecule has 0 aromatic carbocycles. The first-order chi connectivity index (χ1) is 5.04. The fourth-order valence-electron chi connectivity index (χ4n) is 0.0762. The second kappa shape index (κ2) is 10.0. The van der Waals surface area contributed by atoms with Crippen molar-refractivity contribution in [3.05, 3.63) is 0 Å². The van der Waals surface area contributed by atoms with E-state index in [1.165, 1.54) is 12.8 Å². The Hall–Kier alpha value is 0.01000. The molecule has 0 aliphatic carbocycles. The van der Waals surface area contributed by atoms with Gasteiger partial charge < -0.3 is 4.89 Å². The molecule has 0 bridgehead atoms. The van der Waals surface area contributed by atoms with Gasteiger partial charge in [0.25, 0.3) is 0 Å². The maximum atomic E-state index is 10.7. The van der Waals surface area contributed by atoms with E-state index in [4.69, 9.17) is 4.89 Å². The summed E-state index contributed by atoms with van der Waals surface area (Å²) in [5.74, 6) is 0. The summed E-state index contributed by atoms with van der Waals surface area (Å²) in [6.45, 7) is 1.22. The molecule has 0 saturated carbocycles. The molecule has 0 aliphatic heterocycles. The van der Waals surface area contributed by atoms with Gasteiger partial charge in [-0.25, -0.2) is 4.52 Å². The first-order valence-electron chi connectivity index (χ1n) is 3.22. The van der Waals surface area contributed by atoms with Crippen molar-refractivity contribution in [1.82, 2.24) is 0 Å². The molecular formula is C5H13F2O3P. The molecule has 0 saturated heterocycles. The molecular weight excluding hydrogens is 177 g/mol. The summed E-state index contributed by atoms with van der Waals surface area (Å²) in [6, 6.07) is 0. The van der Waals surface area contributed by atoms with Crippen LogP contribution >= 0.6 is 8.25 Å². The highest BCUT2D eigenvalue weighted by atomic mass is 31.1. The van der Waals surface area contributed by atoms with Crippen LogP contribution in [0.4, 0.5) is 8.78 Å². The van der Waals surface area contributed by atoms with Crippen molar-refractivity contribution in [2.24, 2.45) is 0 Å². The van der Waals surface area contributed by atoms with Crippen molar-refractivity contribution >= 4 is 8.25 Å². The smallest absolute Gasteiger partial charge is 0.326 e. The summed E-state index contributed by atoms with van der Waals surface area (Å²) >= 11 is 0. The van der Waals surface area contributed by atoms with Gasteiger partial charge >= 0.3 is 14.9 Å². The third-order valence-corrected chi connectivity index (χ3v) is 1.07. The van der Waals surface area contributed by atoms with Crippen molar-refractivity contribution in [3.8, 4) is 0 Å². The number of hydrogen-bond donors (Lipinski definition) is 1. The summed E-state index contributed by atoms with van der Waals surface area (Å²) < 4.78 is 33.8. The molecule has 0 amide bonds. The summed E-state index contributed by atoms with van der Waals surface area (Å²) in [4.78, 5) is 7.57. The molecule has 0 fully saturated rings. The van der Waals surface area contributed by atoms with Crippen LogP contribution in [-0.2, 0) is 9.09 Å². The van der Waals surface area contributed by atoms with Gasteiger partial charge in [-0.2, -0.15) is 8.78 Å². The molecule has 0 spiro atoms. The molecule has 0 aromatic rings. The van der Waals surface area contributed by atoms with Crippen molar-refractivity contribution < 1.29 is 22.8 Å². The Labute approximate surface area is 65.3 Å². The zero-order chi connectivity index (χ0) is 9.28. The lowest BCUT2D eigenvalue weighted by Crippen LogP contribution is -1.87. The largest absolute Gasteiger partial charge is 0.351 e. The van der Waals surface area contributed by atoms with Crippen molar-refractivity contribution in [3.63, 3.8) is 0 Å². The normalized spacial score (nSPS) is 12.2. The van der Waals surface area contributed by atoms with Crippen LogP contribution in [0.25, 0.3) is 0 Å². The Morgan fingerprint density at radius 3 is 1.82 bits per heavy atom. The van der Waals surface area contributed by atoms with Crippen molar-refractivity contribution in [1.29, 1.82) is 0 Å². The van der Waals surface area contributed by atoms with E-state index < -0.39 is 14.9 Å². The van der Waals surface area contributed by atoms with E-state index in [0.29, 0.717) is 0 Å².